The van der Waals surface area contributed by atoms with Crippen LogP contribution in [0.4, 0.5) is 14.9 Å². The highest BCUT2D eigenvalue weighted by atomic mass is 19.1. The zero-order chi connectivity index (χ0) is 17.2. The summed E-state index contributed by atoms with van der Waals surface area (Å²) in [6.45, 7) is 6.59. The van der Waals surface area contributed by atoms with Crippen molar-refractivity contribution < 1.29 is 18.7 Å². The topological polar surface area (TPSA) is 64.8 Å². The van der Waals surface area contributed by atoms with Crippen molar-refractivity contribution in [2.75, 3.05) is 25.9 Å². The van der Waals surface area contributed by atoms with E-state index in [-0.39, 0.29) is 17.8 Å². The number of nitrogens with two attached hydrogens (primary N) is 1. The van der Waals surface area contributed by atoms with Crippen LogP contribution in [0.3, 0.4) is 0 Å². The maximum atomic E-state index is 14.3. The highest BCUT2D eigenvalue weighted by Gasteiger charge is 2.30. The summed E-state index contributed by atoms with van der Waals surface area (Å²) < 4.78 is 24.9. The van der Waals surface area contributed by atoms with Gasteiger partial charge in [-0.15, -0.1) is 0 Å². The molecule has 23 heavy (non-hydrogen) atoms. The highest BCUT2D eigenvalue weighted by Crippen LogP contribution is 2.37. The third kappa shape index (κ3) is 4.27. The lowest BCUT2D eigenvalue weighted by Gasteiger charge is -2.34. The summed E-state index contributed by atoms with van der Waals surface area (Å²) in [5.74, 6) is 0.125. The predicted octanol–water partition coefficient (Wildman–Crippen LogP) is 3.53. The molecule has 0 spiro atoms. The van der Waals surface area contributed by atoms with E-state index in [0.717, 1.165) is 0 Å². The van der Waals surface area contributed by atoms with Gasteiger partial charge in [0.1, 0.15) is 17.2 Å². The number of benzene rings is 1. The third-order valence-electron chi connectivity index (χ3n) is 3.89. The Hall–Kier alpha value is -1.98. The van der Waals surface area contributed by atoms with Crippen LogP contribution in [0, 0.1) is 5.82 Å². The van der Waals surface area contributed by atoms with Gasteiger partial charge >= 0.3 is 6.09 Å². The van der Waals surface area contributed by atoms with Gasteiger partial charge in [-0.1, -0.05) is 0 Å². The molecule has 128 valence electrons. The van der Waals surface area contributed by atoms with Crippen molar-refractivity contribution in [3.8, 4) is 5.75 Å². The number of likely N-dealkylation sites (tertiary alicyclic amines) is 1. The van der Waals surface area contributed by atoms with Gasteiger partial charge in [0, 0.05) is 30.4 Å². The molecule has 1 aromatic carbocycles. The maximum Gasteiger partial charge on any atom is 0.410 e. The van der Waals surface area contributed by atoms with Crippen LogP contribution < -0.4 is 10.5 Å². The number of hydrogen-bond acceptors (Lipinski definition) is 4. The van der Waals surface area contributed by atoms with E-state index in [9.17, 15) is 9.18 Å². The minimum absolute atomic E-state index is 0.00392. The lowest BCUT2D eigenvalue weighted by atomic mass is 9.88. The van der Waals surface area contributed by atoms with Gasteiger partial charge < -0.3 is 20.1 Å². The van der Waals surface area contributed by atoms with Gasteiger partial charge in [0.2, 0.25) is 0 Å². The predicted molar refractivity (Wildman–Crippen MR) is 87.1 cm³/mol. The molecule has 0 unspecified atom stereocenters. The first-order valence-corrected chi connectivity index (χ1v) is 7.82. The second kappa shape index (κ2) is 6.64. The quantitative estimate of drug-likeness (QED) is 0.845. The third-order valence-corrected chi connectivity index (χ3v) is 3.89. The Morgan fingerprint density at radius 1 is 1.30 bits per heavy atom. The average Bonchev–Trinajstić information content (AvgIpc) is 2.45. The van der Waals surface area contributed by atoms with Crippen LogP contribution in [-0.4, -0.2) is 36.8 Å². The fourth-order valence-corrected chi connectivity index (χ4v) is 2.85. The summed E-state index contributed by atoms with van der Waals surface area (Å²) in [6, 6.07) is 2.96. The van der Waals surface area contributed by atoms with E-state index in [1.54, 1.807) is 11.0 Å². The van der Waals surface area contributed by atoms with Gasteiger partial charge in [0.15, 0.2) is 0 Å². The zero-order valence-corrected chi connectivity index (χ0v) is 14.2. The Morgan fingerprint density at radius 3 is 2.43 bits per heavy atom. The highest BCUT2D eigenvalue weighted by molar-refractivity contribution is 5.68. The Labute approximate surface area is 136 Å². The minimum atomic E-state index is -0.514. The lowest BCUT2D eigenvalue weighted by molar-refractivity contribution is 0.0204. The second-order valence-electron chi connectivity index (χ2n) is 6.86. The number of nitrogen functional groups attached to an aromatic ring is 1. The average molecular weight is 324 g/mol. The molecule has 0 aromatic heterocycles. The minimum Gasteiger partial charge on any atom is -0.496 e. The molecule has 5 nitrogen and oxygen atoms in total. The number of halogens is 1. The van der Waals surface area contributed by atoms with E-state index >= 15 is 0 Å². The van der Waals surface area contributed by atoms with Crippen LogP contribution >= 0.6 is 0 Å². The standard InChI is InChI=1S/C17H25FN2O3/c1-17(2,3)23-16(21)20-7-5-11(6-8-20)15-13(18)9-12(19)10-14(15)22-4/h9-11H,5-8,19H2,1-4H3. The fraction of sp³-hybridized carbons (Fsp3) is 0.588. The molecular weight excluding hydrogens is 299 g/mol. The molecule has 1 saturated heterocycles. The smallest absolute Gasteiger partial charge is 0.410 e. The van der Waals surface area contributed by atoms with Crippen molar-refractivity contribution in [1.82, 2.24) is 4.90 Å². The first-order chi connectivity index (χ1) is 10.7. The van der Waals surface area contributed by atoms with Crippen molar-refractivity contribution in [1.29, 1.82) is 0 Å². The molecular formula is C17H25FN2O3. The molecule has 1 aliphatic rings. The van der Waals surface area contributed by atoms with Crippen LogP contribution in [0.2, 0.25) is 0 Å². The number of hydrogen-bond donors (Lipinski definition) is 1. The van der Waals surface area contributed by atoms with Crippen molar-refractivity contribution in [3.05, 3.63) is 23.5 Å². The second-order valence-corrected chi connectivity index (χ2v) is 6.86. The van der Waals surface area contributed by atoms with E-state index < -0.39 is 5.60 Å². The van der Waals surface area contributed by atoms with Gasteiger partial charge in [0.05, 0.1) is 7.11 Å². The summed E-state index contributed by atoms with van der Waals surface area (Å²) in [4.78, 5) is 13.8. The fourth-order valence-electron chi connectivity index (χ4n) is 2.85. The first-order valence-electron chi connectivity index (χ1n) is 7.82. The number of ether oxygens (including phenoxy) is 2. The van der Waals surface area contributed by atoms with Crippen molar-refractivity contribution >= 4 is 11.8 Å². The van der Waals surface area contributed by atoms with Crippen LogP contribution in [0.15, 0.2) is 12.1 Å². The van der Waals surface area contributed by atoms with Crippen molar-refractivity contribution in [2.24, 2.45) is 0 Å². The maximum absolute atomic E-state index is 14.3. The number of carbonyl (C=O) groups is 1. The number of rotatable bonds is 2. The molecule has 0 atom stereocenters. The van der Waals surface area contributed by atoms with Gasteiger partial charge in [-0.3, -0.25) is 0 Å². The summed E-state index contributed by atoms with van der Waals surface area (Å²) in [6.07, 6.45) is 1.01. The van der Waals surface area contributed by atoms with E-state index in [1.807, 2.05) is 20.8 Å². The molecule has 1 heterocycles. The Kier molecular flexibility index (Phi) is 5.02. The number of piperidine rings is 1. The summed E-state index contributed by atoms with van der Waals surface area (Å²) in [5.41, 5.74) is 6.04. The molecule has 6 heteroatoms. The number of amides is 1. The molecule has 1 fully saturated rings. The summed E-state index contributed by atoms with van der Waals surface area (Å²) in [7, 11) is 1.51. The monoisotopic (exact) mass is 324 g/mol. The van der Waals surface area contributed by atoms with Crippen LogP contribution in [0.25, 0.3) is 0 Å². The van der Waals surface area contributed by atoms with Gasteiger partial charge in [-0.05, 0) is 45.6 Å². The van der Waals surface area contributed by atoms with Crippen molar-refractivity contribution in [2.45, 2.75) is 45.1 Å². The zero-order valence-electron chi connectivity index (χ0n) is 14.2. The van der Waals surface area contributed by atoms with E-state index in [1.165, 1.54) is 13.2 Å². The van der Waals surface area contributed by atoms with Crippen LogP contribution in [0.5, 0.6) is 5.75 Å². The number of anilines is 1. The SMILES string of the molecule is COc1cc(N)cc(F)c1C1CCN(C(=O)OC(C)(C)C)CC1. The molecule has 1 amide bonds. The number of nitrogens with zero attached hydrogens (tertiary/aromatic N) is 1. The normalized spacial score (nSPS) is 16.3. The van der Waals surface area contributed by atoms with Gasteiger partial charge in [0.25, 0.3) is 0 Å². The Bertz CT molecular complexity index is 576. The van der Waals surface area contributed by atoms with E-state index in [0.29, 0.717) is 42.9 Å². The molecule has 0 saturated carbocycles. The Balaban J connectivity index is 2.07. The van der Waals surface area contributed by atoms with Crippen LogP contribution in [0.1, 0.15) is 45.1 Å². The Morgan fingerprint density at radius 2 is 1.91 bits per heavy atom. The van der Waals surface area contributed by atoms with Gasteiger partial charge in [-0.2, -0.15) is 0 Å². The molecule has 0 aliphatic carbocycles. The molecule has 2 rings (SSSR count). The summed E-state index contributed by atoms with van der Waals surface area (Å²) >= 11 is 0. The molecule has 0 bridgehead atoms. The van der Waals surface area contributed by atoms with E-state index in [2.05, 4.69) is 0 Å². The molecule has 1 aliphatic heterocycles. The lowest BCUT2D eigenvalue weighted by Crippen LogP contribution is -2.41. The molecule has 2 N–H and O–H groups in total. The summed E-state index contributed by atoms with van der Waals surface area (Å²) in [5, 5.41) is 0. The molecule has 0 radical (unpaired) electrons. The first kappa shape index (κ1) is 17.4. The largest absolute Gasteiger partial charge is 0.496 e. The number of methoxy groups -OCH3 is 1. The van der Waals surface area contributed by atoms with E-state index in [4.69, 9.17) is 15.2 Å². The van der Waals surface area contributed by atoms with Crippen molar-refractivity contribution in [3.63, 3.8) is 0 Å². The number of carbonyl (C=O) groups excluding carboxylic acids is 1. The molecule has 1 aromatic rings. The van der Waals surface area contributed by atoms with Gasteiger partial charge in [-0.25, -0.2) is 9.18 Å². The van der Waals surface area contributed by atoms with Crippen LogP contribution in [-0.2, 0) is 4.74 Å².